The summed E-state index contributed by atoms with van der Waals surface area (Å²) in [6.45, 7) is 0. The summed E-state index contributed by atoms with van der Waals surface area (Å²) in [5.41, 5.74) is 4.66. The lowest BCUT2D eigenvalue weighted by Crippen LogP contribution is -1.87. The van der Waals surface area contributed by atoms with E-state index in [9.17, 15) is 5.11 Å². The quantitative estimate of drug-likeness (QED) is 0.610. The lowest BCUT2D eigenvalue weighted by molar-refractivity contribution is 0.475. The van der Waals surface area contributed by atoms with Gasteiger partial charge in [0.15, 0.2) is 5.65 Å². The Labute approximate surface area is 127 Å². The van der Waals surface area contributed by atoms with Gasteiger partial charge in [-0.3, -0.25) is 0 Å². The minimum Gasteiger partial charge on any atom is -0.508 e. The molecular weight excluding hydrogens is 274 g/mol. The van der Waals surface area contributed by atoms with Crippen molar-refractivity contribution >= 4 is 5.65 Å². The minimum atomic E-state index is 0.245. The van der Waals surface area contributed by atoms with E-state index < -0.39 is 0 Å². The maximum atomic E-state index is 9.52. The van der Waals surface area contributed by atoms with Crippen molar-refractivity contribution in [3.63, 3.8) is 0 Å². The number of nitrogens with zero attached hydrogens (tertiary/aromatic N) is 3. The minimum absolute atomic E-state index is 0.245. The lowest BCUT2D eigenvalue weighted by Gasteiger charge is -2.03. The summed E-state index contributed by atoms with van der Waals surface area (Å²) in [6.07, 6.45) is 3.65. The van der Waals surface area contributed by atoms with Gasteiger partial charge in [0, 0.05) is 18.0 Å². The van der Waals surface area contributed by atoms with Gasteiger partial charge in [0.05, 0.1) is 5.56 Å². The third-order valence-electron chi connectivity index (χ3n) is 3.60. The molecule has 4 heteroatoms. The third-order valence-corrected chi connectivity index (χ3v) is 3.60. The number of fused-ring (bicyclic) bond motifs is 1. The molecule has 22 heavy (non-hydrogen) atoms. The van der Waals surface area contributed by atoms with Crippen molar-refractivity contribution in [2.24, 2.45) is 0 Å². The molecule has 0 saturated carbocycles. The molecule has 2 aromatic carbocycles. The first kappa shape index (κ1) is 12.6. The molecule has 0 aliphatic carbocycles. The summed E-state index contributed by atoms with van der Waals surface area (Å²) < 4.78 is 1.78. The zero-order valence-electron chi connectivity index (χ0n) is 11.7. The van der Waals surface area contributed by atoms with Crippen molar-refractivity contribution in [1.29, 1.82) is 0 Å². The second-order valence-electron chi connectivity index (χ2n) is 5.02. The van der Waals surface area contributed by atoms with E-state index in [1.165, 1.54) is 0 Å². The van der Waals surface area contributed by atoms with Crippen LogP contribution in [0.1, 0.15) is 0 Å². The van der Waals surface area contributed by atoms with Crippen LogP contribution < -0.4 is 0 Å². The van der Waals surface area contributed by atoms with Crippen molar-refractivity contribution < 1.29 is 5.11 Å². The van der Waals surface area contributed by atoms with Crippen LogP contribution in [0.5, 0.6) is 5.75 Å². The smallest absolute Gasteiger partial charge is 0.163 e. The van der Waals surface area contributed by atoms with Gasteiger partial charge >= 0.3 is 0 Å². The molecule has 0 spiro atoms. The van der Waals surface area contributed by atoms with E-state index in [0.717, 1.165) is 28.0 Å². The Bertz CT molecular complexity index is 928. The van der Waals surface area contributed by atoms with Gasteiger partial charge in [-0.2, -0.15) is 5.10 Å². The molecule has 2 heterocycles. The topological polar surface area (TPSA) is 50.4 Å². The Morgan fingerprint density at radius 3 is 2.36 bits per heavy atom. The Hall–Kier alpha value is -3.14. The third kappa shape index (κ3) is 2.02. The van der Waals surface area contributed by atoms with Crippen molar-refractivity contribution in [3.05, 3.63) is 73.1 Å². The van der Waals surface area contributed by atoms with Crippen LogP contribution in [-0.4, -0.2) is 19.7 Å². The van der Waals surface area contributed by atoms with Gasteiger partial charge in [-0.25, -0.2) is 9.50 Å². The Morgan fingerprint density at radius 1 is 0.818 bits per heavy atom. The van der Waals surface area contributed by atoms with E-state index in [1.54, 1.807) is 22.8 Å². The van der Waals surface area contributed by atoms with E-state index in [0.29, 0.717) is 0 Å². The second kappa shape index (κ2) is 5.00. The Morgan fingerprint density at radius 2 is 1.59 bits per heavy atom. The molecule has 1 N–H and O–H groups in total. The highest BCUT2D eigenvalue weighted by Gasteiger charge is 2.16. The lowest BCUT2D eigenvalue weighted by atomic mass is 10.0. The first-order valence-corrected chi connectivity index (χ1v) is 7.01. The van der Waals surface area contributed by atoms with E-state index in [4.69, 9.17) is 0 Å². The second-order valence-corrected chi connectivity index (χ2v) is 5.02. The van der Waals surface area contributed by atoms with E-state index >= 15 is 0 Å². The molecule has 0 aliphatic heterocycles. The maximum Gasteiger partial charge on any atom is 0.163 e. The number of hydrogen-bond donors (Lipinski definition) is 1. The highest BCUT2D eigenvalue weighted by atomic mass is 16.3. The predicted molar refractivity (Wildman–Crippen MR) is 85.5 cm³/mol. The standard InChI is InChI=1S/C18H13N3O/c22-15-9-7-13(8-10-15)16-17(14-5-2-1-3-6-14)20-21-12-4-11-19-18(16)21/h1-12,22H. The van der Waals surface area contributed by atoms with Gasteiger partial charge in [0.25, 0.3) is 0 Å². The van der Waals surface area contributed by atoms with Crippen LogP contribution in [0, 0.1) is 0 Å². The molecule has 0 unspecified atom stereocenters. The maximum absolute atomic E-state index is 9.52. The van der Waals surface area contributed by atoms with Gasteiger partial charge in [-0.1, -0.05) is 42.5 Å². The Balaban J connectivity index is 2.04. The van der Waals surface area contributed by atoms with Crippen LogP contribution in [0.2, 0.25) is 0 Å². The van der Waals surface area contributed by atoms with Crippen LogP contribution in [0.3, 0.4) is 0 Å². The van der Waals surface area contributed by atoms with Crippen LogP contribution in [0.25, 0.3) is 28.0 Å². The molecule has 4 aromatic rings. The molecule has 0 radical (unpaired) electrons. The number of phenolic OH excluding ortho intramolecular Hbond substituents is 1. The molecular formula is C18H13N3O. The number of rotatable bonds is 2. The number of benzene rings is 2. The number of aromatic nitrogens is 3. The zero-order chi connectivity index (χ0) is 14.9. The predicted octanol–water partition coefficient (Wildman–Crippen LogP) is 3.77. The van der Waals surface area contributed by atoms with Gasteiger partial charge in [-0.05, 0) is 23.8 Å². The largest absolute Gasteiger partial charge is 0.508 e. The monoisotopic (exact) mass is 287 g/mol. The average molecular weight is 287 g/mol. The zero-order valence-corrected chi connectivity index (χ0v) is 11.7. The molecule has 2 aromatic heterocycles. The summed E-state index contributed by atoms with van der Waals surface area (Å²) in [7, 11) is 0. The van der Waals surface area contributed by atoms with Gasteiger partial charge in [0.2, 0.25) is 0 Å². The van der Waals surface area contributed by atoms with Crippen molar-refractivity contribution in [3.8, 4) is 28.1 Å². The van der Waals surface area contributed by atoms with E-state index in [1.807, 2.05) is 54.7 Å². The van der Waals surface area contributed by atoms with E-state index in [2.05, 4.69) is 10.1 Å². The number of aromatic hydroxyl groups is 1. The molecule has 0 bridgehead atoms. The molecule has 4 rings (SSSR count). The van der Waals surface area contributed by atoms with Crippen LogP contribution in [-0.2, 0) is 0 Å². The molecule has 0 amide bonds. The fourth-order valence-electron chi connectivity index (χ4n) is 2.58. The van der Waals surface area contributed by atoms with Crippen molar-refractivity contribution in [2.75, 3.05) is 0 Å². The average Bonchev–Trinajstić information content (AvgIpc) is 2.96. The Kier molecular flexibility index (Phi) is 2.86. The molecule has 4 nitrogen and oxygen atoms in total. The molecule has 0 fully saturated rings. The summed E-state index contributed by atoms with van der Waals surface area (Å²) in [5, 5.41) is 14.2. The SMILES string of the molecule is Oc1ccc(-c2c(-c3ccccc3)nn3cccnc23)cc1. The summed E-state index contributed by atoms with van der Waals surface area (Å²) in [5.74, 6) is 0.245. The van der Waals surface area contributed by atoms with E-state index in [-0.39, 0.29) is 5.75 Å². The first-order valence-electron chi connectivity index (χ1n) is 7.01. The summed E-state index contributed by atoms with van der Waals surface area (Å²) in [6, 6.07) is 19.0. The highest BCUT2D eigenvalue weighted by molar-refractivity contribution is 5.90. The molecule has 0 saturated heterocycles. The fourth-order valence-corrected chi connectivity index (χ4v) is 2.58. The highest BCUT2D eigenvalue weighted by Crippen LogP contribution is 2.34. The first-order chi connectivity index (χ1) is 10.8. The van der Waals surface area contributed by atoms with Crippen LogP contribution >= 0.6 is 0 Å². The normalized spacial score (nSPS) is 10.9. The summed E-state index contributed by atoms with van der Waals surface area (Å²) >= 11 is 0. The van der Waals surface area contributed by atoms with Gasteiger partial charge in [0.1, 0.15) is 11.4 Å². The van der Waals surface area contributed by atoms with Crippen LogP contribution in [0.15, 0.2) is 73.1 Å². The number of phenols is 1. The van der Waals surface area contributed by atoms with Crippen molar-refractivity contribution in [1.82, 2.24) is 14.6 Å². The van der Waals surface area contributed by atoms with Crippen molar-refractivity contribution in [2.45, 2.75) is 0 Å². The van der Waals surface area contributed by atoms with Gasteiger partial charge in [-0.15, -0.1) is 0 Å². The van der Waals surface area contributed by atoms with Gasteiger partial charge < -0.3 is 5.11 Å². The van der Waals surface area contributed by atoms with Crippen LogP contribution in [0.4, 0.5) is 0 Å². The fraction of sp³-hybridized carbons (Fsp3) is 0. The molecule has 0 atom stereocenters. The molecule has 106 valence electrons. The molecule has 0 aliphatic rings. The number of hydrogen-bond acceptors (Lipinski definition) is 3. The summed E-state index contributed by atoms with van der Waals surface area (Å²) in [4.78, 5) is 4.46.